The van der Waals surface area contributed by atoms with Gasteiger partial charge in [0.05, 0.1) is 37.4 Å². The average Bonchev–Trinajstić information content (AvgIpc) is 3.01. The van der Waals surface area contributed by atoms with Crippen LogP contribution in [-0.2, 0) is 28.7 Å². The number of aliphatic hydroxyl groups is 4. The zero-order chi connectivity index (χ0) is 33.6. The van der Waals surface area contributed by atoms with Crippen LogP contribution in [0.25, 0.3) is 22.6 Å². The molecule has 4 aliphatic rings. The van der Waals surface area contributed by atoms with E-state index in [9.17, 15) is 49.8 Å². The molecule has 2 aromatic carbocycles. The molecule has 2 fully saturated rings. The molecular formula is C33H32O13. The van der Waals surface area contributed by atoms with E-state index in [0.717, 1.165) is 14.2 Å². The van der Waals surface area contributed by atoms with Gasteiger partial charge in [0.1, 0.15) is 40.4 Å². The smallest absolute Gasteiger partial charge is 0.358 e. The van der Waals surface area contributed by atoms with Crippen molar-refractivity contribution < 1.29 is 64.0 Å². The number of phenolic OH excluding ortho intramolecular Hbond substituents is 2. The molecule has 0 amide bonds. The van der Waals surface area contributed by atoms with Gasteiger partial charge >= 0.3 is 11.9 Å². The first-order valence-corrected chi connectivity index (χ1v) is 14.6. The van der Waals surface area contributed by atoms with Crippen molar-refractivity contribution in [3.63, 3.8) is 0 Å². The van der Waals surface area contributed by atoms with Gasteiger partial charge in [0.15, 0.2) is 11.6 Å². The number of hydrogen-bond donors (Lipinski definition) is 6. The maximum Gasteiger partial charge on any atom is 0.358 e. The topological polar surface area (TPSA) is 217 Å². The second-order valence-electron chi connectivity index (χ2n) is 12.2. The van der Waals surface area contributed by atoms with Gasteiger partial charge in [0.2, 0.25) is 0 Å². The SMILES string of the molecule is COC(=O)C1c2ccc(-c3ccc4c(c3O)C(O)=C3C(=O)CC(C)C(O)C3(C(=O)OC)O4)c(O)c2C(O)=C2C(=O)CC(C)C(O)C21. The predicted octanol–water partition coefficient (Wildman–Crippen LogP) is 2.43. The molecule has 6 N–H and O–H groups in total. The number of ether oxygens (including phenoxy) is 3. The Morgan fingerprint density at radius 3 is 2.07 bits per heavy atom. The second kappa shape index (κ2) is 10.6. The number of Topliss-reactive ketones (excluding diaryl/α,β-unsaturated/α-hetero) is 2. The number of rotatable bonds is 3. The van der Waals surface area contributed by atoms with E-state index in [-0.39, 0.29) is 46.4 Å². The van der Waals surface area contributed by atoms with Crippen LogP contribution in [0, 0.1) is 17.8 Å². The maximum absolute atomic E-state index is 13.2. The third kappa shape index (κ3) is 3.94. The summed E-state index contributed by atoms with van der Waals surface area (Å²) in [4.78, 5) is 52.4. The monoisotopic (exact) mass is 636 g/mol. The molecule has 2 saturated carbocycles. The minimum atomic E-state index is -2.41. The van der Waals surface area contributed by atoms with Crippen molar-refractivity contribution in [2.75, 3.05) is 14.2 Å². The number of carbonyl (C=O) groups excluding carboxylic acids is 4. The zero-order valence-electron chi connectivity index (χ0n) is 25.2. The van der Waals surface area contributed by atoms with Crippen molar-refractivity contribution >= 4 is 35.0 Å². The number of hydrogen-bond acceptors (Lipinski definition) is 13. The number of methoxy groups -OCH3 is 2. The van der Waals surface area contributed by atoms with E-state index in [1.165, 1.54) is 31.2 Å². The normalized spacial score (nSPS) is 30.0. The van der Waals surface area contributed by atoms with Crippen LogP contribution in [0.1, 0.15) is 49.3 Å². The van der Waals surface area contributed by atoms with E-state index >= 15 is 0 Å². The van der Waals surface area contributed by atoms with Crippen molar-refractivity contribution in [3.8, 4) is 28.4 Å². The van der Waals surface area contributed by atoms with Gasteiger partial charge in [-0.15, -0.1) is 0 Å². The Morgan fingerprint density at radius 2 is 1.43 bits per heavy atom. The lowest BCUT2D eigenvalue weighted by molar-refractivity contribution is -0.173. The third-order valence-electron chi connectivity index (χ3n) is 9.72. The minimum Gasteiger partial charge on any atom is -0.507 e. The average molecular weight is 637 g/mol. The Morgan fingerprint density at radius 1 is 0.826 bits per heavy atom. The van der Waals surface area contributed by atoms with Gasteiger partial charge in [-0.3, -0.25) is 14.4 Å². The van der Waals surface area contributed by atoms with Gasteiger partial charge in [0.25, 0.3) is 5.60 Å². The van der Waals surface area contributed by atoms with Crippen LogP contribution in [-0.4, -0.2) is 86.2 Å². The molecule has 0 radical (unpaired) electrons. The van der Waals surface area contributed by atoms with Crippen LogP contribution in [0.4, 0.5) is 0 Å². The Kier molecular flexibility index (Phi) is 7.17. The quantitative estimate of drug-likeness (QED) is 0.267. The van der Waals surface area contributed by atoms with Crippen molar-refractivity contribution in [2.24, 2.45) is 17.8 Å². The molecule has 0 aromatic heterocycles. The Labute approximate surface area is 262 Å². The third-order valence-corrected chi connectivity index (χ3v) is 9.72. The molecule has 6 rings (SSSR count). The Hall–Kier alpha value is -4.88. The molecule has 7 unspecified atom stereocenters. The van der Waals surface area contributed by atoms with Crippen LogP contribution < -0.4 is 4.74 Å². The molecule has 3 aliphatic carbocycles. The molecule has 1 aliphatic heterocycles. The summed E-state index contributed by atoms with van der Waals surface area (Å²) in [6.45, 7) is 3.17. The zero-order valence-corrected chi connectivity index (χ0v) is 25.2. The maximum atomic E-state index is 13.2. The minimum absolute atomic E-state index is 0.0739. The van der Waals surface area contributed by atoms with Crippen molar-refractivity contribution in [1.29, 1.82) is 0 Å². The fourth-order valence-corrected chi connectivity index (χ4v) is 7.45. The lowest BCUT2D eigenvalue weighted by Gasteiger charge is -2.45. The number of ketones is 2. The van der Waals surface area contributed by atoms with Crippen LogP contribution >= 0.6 is 0 Å². The summed E-state index contributed by atoms with van der Waals surface area (Å²) in [7, 11) is 2.16. The highest BCUT2D eigenvalue weighted by molar-refractivity contribution is 6.13. The summed E-state index contributed by atoms with van der Waals surface area (Å²) in [5.41, 5.74) is -4.10. The van der Waals surface area contributed by atoms with Crippen LogP contribution in [0.5, 0.6) is 17.2 Å². The largest absolute Gasteiger partial charge is 0.507 e. The van der Waals surface area contributed by atoms with E-state index in [4.69, 9.17) is 14.2 Å². The van der Waals surface area contributed by atoms with Gasteiger partial charge < -0.3 is 44.8 Å². The molecule has 46 heavy (non-hydrogen) atoms. The molecule has 13 nitrogen and oxygen atoms in total. The van der Waals surface area contributed by atoms with Gasteiger partial charge in [-0.25, -0.2) is 4.79 Å². The van der Waals surface area contributed by atoms with E-state index in [2.05, 4.69) is 0 Å². The highest BCUT2D eigenvalue weighted by atomic mass is 16.6. The van der Waals surface area contributed by atoms with Crippen LogP contribution in [0.2, 0.25) is 0 Å². The lowest BCUT2D eigenvalue weighted by Crippen LogP contribution is -2.64. The van der Waals surface area contributed by atoms with E-state index in [0.29, 0.717) is 0 Å². The molecule has 7 atom stereocenters. The summed E-state index contributed by atoms with van der Waals surface area (Å²) < 4.78 is 15.7. The number of phenols is 2. The summed E-state index contributed by atoms with van der Waals surface area (Å²) in [6.07, 6.45) is -3.14. The fourth-order valence-electron chi connectivity index (χ4n) is 7.45. The molecule has 0 saturated heterocycles. The molecular weight excluding hydrogens is 604 g/mol. The Balaban J connectivity index is 1.56. The molecule has 0 bridgehead atoms. The second-order valence-corrected chi connectivity index (χ2v) is 12.2. The molecule has 242 valence electrons. The highest BCUT2D eigenvalue weighted by Crippen LogP contribution is 2.56. The summed E-state index contributed by atoms with van der Waals surface area (Å²) in [5.74, 6) is -9.94. The number of benzene rings is 2. The summed E-state index contributed by atoms with van der Waals surface area (Å²) in [6, 6.07) is 5.22. The van der Waals surface area contributed by atoms with E-state index < -0.39 is 99.1 Å². The van der Waals surface area contributed by atoms with Gasteiger partial charge in [-0.05, 0) is 29.5 Å². The van der Waals surface area contributed by atoms with Crippen molar-refractivity contribution in [2.45, 2.75) is 50.4 Å². The number of fused-ring (bicyclic) bond motifs is 4. The first-order valence-electron chi connectivity index (χ1n) is 14.6. The molecule has 2 aromatic rings. The van der Waals surface area contributed by atoms with Crippen LogP contribution in [0.3, 0.4) is 0 Å². The standard InChI is InChI=1S/C33H32O13/c1-11-9-16(34)21-23(25(11)36)19(31(42)44-3)15-6-5-13(26(37)20(15)28(21)39)14-7-8-18-22(27(14)38)29(40)24-17(35)10-12(2)30(41)33(24,46-18)32(43)45-4/h5-8,11-12,19,23,25,30,36-41H,9-10H2,1-4H3. The number of esters is 2. The van der Waals surface area contributed by atoms with E-state index in [1.54, 1.807) is 6.92 Å². The first kappa shape index (κ1) is 31.1. The van der Waals surface area contributed by atoms with E-state index in [1.807, 2.05) is 0 Å². The summed E-state index contributed by atoms with van der Waals surface area (Å²) >= 11 is 0. The molecule has 1 heterocycles. The Bertz CT molecular complexity index is 1800. The lowest BCUT2D eigenvalue weighted by atomic mass is 9.63. The van der Waals surface area contributed by atoms with Crippen molar-refractivity contribution in [3.05, 3.63) is 52.1 Å². The molecule has 0 spiro atoms. The first-order chi connectivity index (χ1) is 21.7. The van der Waals surface area contributed by atoms with Gasteiger partial charge in [0, 0.05) is 35.5 Å². The van der Waals surface area contributed by atoms with Gasteiger partial charge in [-0.2, -0.15) is 0 Å². The predicted molar refractivity (Wildman–Crippen MR) is 158 cm³/mol. The number of aliphatic hydroxyl groups excluding tert-OH is 4. The summed E-state index contributed by atoms with van der Waals surface area (Å²) in [5, 5.41) is 67.9. The number of carbonyl (C=O) groups is 4. The number of aromatic hydroxyl groups is 2. The fraction of sp³-hybridized carbons (Fsp3) is 0.394. The van der Waals surface area contributed by atoms with Crippen molar-refractivity contribution in [1.82, 2.24) is 0 Å². The van der Waals surface area contributed by atoms with Crippen LogP contribution in [0.15, 0.2) is 35.4 Å². The highest BCUT2D eigenvalue weighted by Gasteiger charge is 2.63. The van der Waals surface area contributed by atoms with Gasteiger partial charge in [-0.1, -0.05) is 26.0 Å². The molecule has 13 heteroatoms.